The lowest BCUT2D eigenvalue weighted by Gasteiger charge is -2.25. The third-order valence-corrected chi connectivity index (χ3v) is 3.74. The standard InChI is InChI=1S/C13H14F4N2OS/c1-3-12(2,10(18)21)11(20)19-9-6-7(13(15,16)17)4-5-8(9)14/h4-6H,3H2,1-2H3,(H2,18,21)(H,19,20). The SMILES string of the molecule is CCC(C)(C(=O)Nc1cc(C(F)(F)F)ccc1F)C(N)=S. The second-order valence-corrected chi connectivity index (χ2v) is 5.14. The van der Waals surface area contributed by atoms with Crippen LogP contribution in [0.5, 0.6) is 0 Å². The fraction of sp³-hybridized carbons (Fsp3) is 0.385. The molecule has 1 aromatic rings. The number of thiocarbonyl (C=S) groups is 1. The molecule has 1 rings (SSSR count). The number of nitrogens with one attached hydrogen (secondary N) is 1. The van der Waals surface area contributed by atoms with Gasteiger partial charge in [-0.1, -0.05) is 19.1 Å². The molecule has 1 amide bonds. The summed E-state index contributed by atoms with van der Waals surface area (Å²) >= 11 is 4.78. The normalized spacial score (nSPS) is 14.4. The minimum Gasteiger partial charge on any atom is -0.392 e. The smallest absolute Gasteiger partial charge is 0.392 e. The molecule has 3 nitrogen and oxygen atoms in total. The molecule has 0 aliphatic heterocycles. The second-order valence-electron chi connectivity index (χ2n) is 4.70. The topological polar surface area (TPSA) is 55.1 Å². The maximum absolute atomic E-state index is 13.6. The van der Waals surface area contributed by atoms with Gasteiger partial charge in [0.1, 0.15) is 5.82 Å². The Morgan fingerprint density at radius 2 is 1.95 bits per heavy atom. The Balaban J connectivity index is 3.13. The van der Waals surface area contributed by atoms with E-state index in [0.29, 0.717) is 18.2 Å². The van der Waals surface area contributed by atoms with Gasteiger partial charge in [0.15, 0.2) is 0 Å². The number of anilines is 1. The highest BCUT2D eigenvalue weighted by atomic mass is 32.1. The maximum Gasteiger partial charge on any atom is 0.416 e. The Hall–Kier alpha value is -1.70. The largest absolute Gasteiger partial charge is 0.416 e. The van der Waals surface area contributed by atoms with Crippen molar-refractivity contribution >= 4 is 28.8 Å². The van der Waals surface area contributed by atoms with Gasteiger partial charge >= 0.3 is 6.18 Å². The third kappa shape index (κ3) is 3.69. The predicted molar refractivity (Wildman–Crippen MR) is 75.2 cm³/mol. The Kier molecular flexibility index (Phi) is 4.93. The molecule has 0 radical (unpaired) electrons. The van der Waals surface area contributed by atoms with Gasteiger partial charge in [-0.3, -0.25) is 4.79 Å². The molecule has 0 bridgehead atoms. The summed E-state index contributed by atoms with van der Waals surface area (Å²) in [7, 11) is 0. The van der Waals surface area contributed by atoms with Crippen molar-refractivity contribution in [1.82, 2.24) is 0 Å². The minimum absolute atomic E-state index is 0.116. The number of carbonyl (C=O) groups excluding carboxylic acids is 1. The number of carbonyl (C=O) groups is 1. The lowest BCUT2D eigenvalue weighted by molar-refractivity contribution is -0.137. The number of benzene rings is 1. The minimum atomic E-state index is -4.63. The van der Waals surface area contributed by atoms with Crippen molar-refractivity contribution in [3.8, 4) is 0 Å². The molecule has 0 saturated carbocycles. The van der Waals surface area contributed by atoms with Crippen LogP contribution in [0.4, 0.5) is 23.2 Å². The van der Waals surface area contributed by atoms with Crippen molar-refractivity contribution in [2.45, 2.75) is 26.4 Å². The van der Waals surface area contributed by atoms with Crippen LogP contribution < -0.4 is 11.1 Å². The summed E-state index contributed by atoms with van der Waals surface area (Å²) in [6, 6.07) is 1.77. The predicted octanol–water partition coefficient (Wildman–Crippen LogP) is 3.49. The van der Waals surface area contributed by atoms with E-state index < -0.39 is 34.6 Å². The van der Waals surface area contributed by atoms with Crippen molar-refractivity contribution in [1.29, 1.82) is 0 Å². The summed E-state index contributed by atoms with van der Waals surface area (Å²) in [4.78, 5) is 12.0. The van der Waals surface area contributed by atoms with Gasteiger partial charge in [0, 0.05) is 0 Å². The summed E-state index contributed by atoms with van der Waals surface area (Å²) in [5.41, 5.74) is 2.58. The van der Waals surface area contributed by atoms with Crippen molar-refractivity contribution in [2.75, 3.05) is 5.32 Å². The quantitative estimate of drug-likeness (QED) is 0.659. The number of hydrogen-bond donors (Lipinski definition) is 2. The molecule has 116 valence electrons. The van der Waals surface area contributed by atoms with Crippen molar-refractivity contribution in [3.63, 3.8) is 0 Å². The lowest BCUT2D eigenvalue weighted by atomic mass is 9.86. The van der Waals surface area contributed by atoms with Gasteiger partial charge in [0.2, 0.25) is 5.91 Å². The molecule has 1 aromatic carbocycles. The maximum atomic E-state index is 13.6. The summed E-state index contributed by atoms with van der Waals surface area (Å²) in [6.07, 6.45) is -4.40. The molecule has 21 heavy (non-hydrogen) atoms. The monoisotopic (exact) mass is 322 g/mol. The molecule has 0 aliphatic rings. The highest BCUT2D eigenvalue weighted by Gasteiger charge is 2.36. The number of amides is 1. The second kappa shape index (κ2) is 5.97. The summed E-state index contributed by atoms with van der Waals surface area (Å²) in [5, 5.41) is 2.11. The number of hydrogen-bond acceptors (Lipinski definition) is 2. The first kappa shape index (κ1) is 17.4. The molecule has 1 unspecified atom stereocenters. The van der Waals surface area contributed by atoms with E-state index in [2.05, 4.69) is 5.32 Å². The zero-order chi connectivity index (χ0) is 16.4. The van der Waals surface area contributed by atoms with E-state index in [1.165, 1.54) is 6.92 Å². The van der Waals surface area contributed by atoms with Gasteiger partial charge in [0.05, 0.1) is 21.7 Å². The van der Waals surface area contributed by atoms with Crippen molar-refractivity contribution < 1.29 is 22.4 Å². The average Bonchev–Trinajstić information content (AvgIpc) is 2.38. The van der Waals surface area contributed by atoms with Crippen molar-refractivity contribution in [3.05, 3.63) is 29.6 Å². The van der Waals surface area contributed by atoms with Gasteiger partial charge in [-0.2, -0.15) is 13.2 Å². The van der Waals surface area contributed by atoms with Crippen LogP contribution in [0.3, 0.4) is 0 Å². The fourth-order valence-corrected chi connectivity index (χ4v) is 1.74. The van der Waals surface area contributed by atoms with E-state index in [9.17, 15) is 22.4 Å². The fourth-order valence-electron chi connectivity index (χ4n) is 1.50. The van der Waals surface area contributed by atoms with Gasteiger partial charge in [0.25, 0.3) is 0 Å². The van der Waals surface area contributed by atoms with Crippen LogP contribution in [0.2, 0.25) is 0 Å². The molecular formula is C13H14F4N2OS. The Morgan fingerprint density at radius 1 is 1.38 bits per heavy atom. The van der Waals surface area contributed by atoms with Crippen LogP contribution in [0.15, 0.2) is 18.2 Å². The van der Waals surface area contributed by atoms with Crippen LogP contribution in [0.1, 0.15) is 25.8 Å². The molecule has 3 N–H and O–H groups in total. The summed E-state index contributed by atoms with van der Waals surface area (Å²) < 4.78 is 51.3. The van der Waals surface area contributed by atoms with Crippen LogP contribution >= 0.6 is 12.2 Å². The number of nitrogens with two attached hydrogens (primary N) is 1. The van der Waals surface area contributed by atoms with E-state index in [0.717, 1.165) is 0 Å². The molecule has 0 aliphatic carbocycles. The number of rotatable bonds is 4. The Morgan fingerprint density at radius 3 is 2.38 bits per heavy atom. The summed E-state index contributed by atoms with van der Waals surface area (Å²) in [6.45, 7) is 3.08. The van der Waals surface area contributed by atoms with Gasteiger partial charge in [-0.15, -0.1) is 0 Å². The molecular weight excluding hydrogens is 308 g/mol. The van der Waals surface area contributed by atoms with E-state index >= 15 is 0 Å². The average molecular weight is 322 g/mol. The molecule has 8 heteroatoms. The summed E-state index contributed by atoms with van der Waals surface area (Å²) in [5.74, 6) is -1.73. The first-order chi connectivity index (χ1) is 9.52. The molecule has 0 saturated heterocycles. The Bertz CT molecular complexity index is 574. The van der Waals surface area contributed by atoms with Crippen LogP contribution in [0, 0.1) is 11.2 Å². The van der Waals surface area contributed by atoms with Crippen molar-refractivity contribution in [2.24, 2.45) is 11.1 Å². The van der Waals surface area contributed by atoms with Gasteiger partial charge in [-0.25, -0.2) is 4.39 Å². The zero-order valence-electron chi connectivity index (χ0n) is 11.3. The third-order valence-electron chi connectivity index (χ3n) is 3.29. The Labute approximate surface area is 124 Å². The van der Waals surface area contributed by atoms with Crippen LogP contribution in [0.25, 0.3) is 0 Å². The van der Waals surface area contributed by atoms with Gasteiger partial charge in [-0.05, 0) is 31.5 Å². The number of halogens is 4. The zero-order valence-corrected chi connectivity index (χ0v) is 12.2. The molecule has 0 spiro atoms. The highest BCUT2D eigenvalue weighted by molar-refractivity contribution is 7.80. The van der Waals surface area contributed by atoms with E-state index in [1.54, 1.807) is 6.92 Å². The molecule has 0 aromatic heterocycles. The van der Waals surface area contributed by atoms with E-state index in [1.807, 2.05) is 0 Å². The molecule has 0 fully saturated rings. The lowest BCUT2D eigenvalue weighted by Crippen LogP contribution is -2.43. The first-order valence-electron chi connectivity index (χ1n) is 6.00. The first-order valence-corrected chi connectivity index (χ1v) is 6.41. The van der Waals surface area contributed by atoms with Crippen LogP contribution in [-0.4, -0.2) is 10.9 Å². The van der Waals surface area contributed by atoms with E-state index in [-0.39, 0.29) is 11.4 Å². The van der Waals surface area contributed by atoms with Gasteiger partial charge < -0.3 is 11.1 Å². The molecule has 0 heterocycles. The van der Waals surface area contributed by atoms with Crippen LogP contribution in [-0.2, 0) is 11.0 Å². The number of alkyl halides is 3. The molecule has 1 atom stereocenters. The highest BCUT2D eigenvalue weighted by Crippen LogP contribution is 2.32. The van der Waals surface area contributed by atoms with E-state index in [4.69, 9.17) is 18.0 Å².